The predicted molar refractivity (Wildman–Crippen MR) is 94.6 cm³/mol. The van der Waals surface area contributed by atoms with Gasteiger partial charge in [-0.15, -0.1) is 0 Å². The van der Waals surface area contributed by atoms with Gasteiger partial charge in [0.05, 0.1) is 24.5 Å². The summed E-state index contributed by atoms with van der Waals surface area (Å²) in [6, 6.07) is 3.55. The normalized spacial score (nSPS) is 25.4. The van der Waals surface area contributed by atoms with Gasteiger partial charge in [0.15, 0.2) is 0 Å². The molecule has 1 amide bonds. The van der Waals surface area contributed by atoms with Crippen molar-refractivity contribution in [3.05, 3.63) is 47.1 Å². The average molecular weight is 356 g/mol. The van der Waals surface area contributed by atoms with Gasteiger partial charge in [0.1, 0.15) is 5.76 Å². The van der Waals surface area contributed by atoms with E-state index in [1.165, 1.54) is 5.56 Å². The Morgan fingerprint density at radius 2 is 2.35 bits per heavy atom. The molecule has 0 aromatic carbocycles. The van der Waals surface area contributed by atoms with Crippen LogP contribution in [0.2, 0.25) is 0 Å². The van der Waals surface area contributed by atoms with Crippen LogP contribution in [0.5, 0.6) is 0 Å². The molecule has 0 saturated carbocycles. The molecule has 2 saturated heterocycles. The summed E-state index contributed by atoms with van der Waals surface area (Å²) < 4.78 is 11.1. The molecular formula is C19H24N4O3. The number of aromatic nitrogens is 2. The van der Waals surface area contributed by atoms with E-state index in [4.69, 9.17) is 9.26 Å². The third-order valence-electron chi connectivity index (χ3n) is 5.68. The fourth-order valence-electron chi connectivity index (χ4n) is 4.12. The van der Waals surface area contributed by atoms with Gasteiger partial charge >= 0.3 is 0 Å². The third kappa shape index (κ3) is 3.12. The Morgan fingerprint density at radius 3 is 3.08 bits per heavy atom. The van der Waals surface area contributed by atoms with Crippen molar-refractivity contribution in [2.24, 2.45) is 11.3 Å². The number of carbonyl (C=O) groups is 1. The fourth-order valence-corrected chi connectivity index (χ4v) is 4.12. The smallest absolute Gasteiger partial charge is 0.252 e. The molecule has 7 nitrogen and oxygen atoms in total. The minimum absolute atomic E-state index is 0.0309. The summed E-state index contributed by atoms with van der Waals surface area (Å²) in [5.41, 5.74) is 2.68. The molecule has 0 unspecified atom stereocenters. The zero-order chi connectivity index (χ0) is 18.1. The van der Waals surface area contributed by atoms with E-state index < -0.39 is 0 Å². The predicted octanol–water partition coefficient (Wildman–Crippen LogP) is 1.56. The molecule has 2 aromatic rings. The second kappa shape index (κ2) is 6.81. The van der Waals surface area contributed by atoms with E-state index in [1.807, 2.05) is 13.8 Å². The average Bonchev–Trinajstić information content (AvgIpc) is 3.28. The Kier molecular flexibility index (Phi) is 4.50. The molecule has 0 bridgehead atoms. The molecule has 0 radical (unpaired) electrons. The maximum absolute atomic E-state index is 12.4. The van der Waals surface area contributed by atoms with Gasteiger partial charge in [0, 0.05) is 55.5 Å². The molecule has 26 heavy (non-hydrogen) atoms. The molecular weight excluding hydrogens is 332 g/mol. The quantitative estimate of drug-likeness (QED) is 0.876. The van der Waals surface area contributed by atoms with Crippen LogP contribution in [0.25, 0.3) is 0 Å². The molecule has 4 heterocycles. The standard InChI is InChI=1S/C19H24N4O3/c1-13-17(14(2)26-22-13)8-23-7-16-9-25-12-19(16,11-23)10-21-18(24)15-4-3-5-20-6-15/h3-6,16H,7-12H2,1-2H3,(H,21,24)/t16-,19+/m1/s1. The van der Waals surface area contributed by atoms with Crippen molar-refractivity contribution in [1.82, 2.24) is 20.4 Å². The molecule has 1 N–H and O–H groups in total. The summed E-state index contributed by atoms with van der Waals surface area (Å²) >= 11 is 0. The molecule has 7 heteroatoms. The highest BCUT2D eigenvalue weighted by Gasteiger charge is 2.50. The summed E-state index contributed by atoms with van der Waals surface area (Å²) in [6.07, 6.45) is 3.26. The Bertz CT molecular complexity index is 772. The first kappa shape index (κ1) is 17.2. The Labute approximate surface area is 152 Å². The van der Waals surface area contributed by atoms with Crippen molar-refractivity contribution in [2.45, 2.75) is 20.4 Å². The number of fused-ring (bicyclic) bond motifs is 1. The Morgan fingerprint density at radius 1 is 1.46 bits per heavy atom. The lowest BCUT2D eigenvalue weighted by Gasteiger charge is -2.27. The first-order valence-electron chi connectivity index (χ1n) is 8.97. The first-order valence-corrected chi connectivity index (χ1v) is 8.97. The van der Waals surface area contributed by atoms with E-state index in [2.05, 4.69) is 20.4 Å². The highest BCUT2D eigenvalue weighted by molar-refractivity contribution is 5.93. The van der Waals surface area contributed by atoms with E-state index in [-0.39, 0.29) is 11.3 Å². The van der Waals surface area contributed by atoms with Crippen LogP contribution in [0, 0.1) is 25.2 Å². The van der Waals surface area contributed by atoms with Crippen LogP contribution in [0.4, 0.5) is 0 Å². The summed E-state index contributed by atoms with van der Waals surface area (Å²) in [5.74, 6) is 1.23. The van der Waals surface area contributed by atoms with Crippen LogP contribution in [0.1, 0.15) is 27.4 Å². The van der Waals surface area contributed by atoms with Crippen LogP contribution < -0.4 is 5.32 Å². The number of hydrogen-bond acceptors (Lipinski definition) is 6. The topological polar surface area (TPSA) is 80.5 Å². The Balaban J connectivity index is 1.42. The van der Waals surface area contributed by atoms with Crippen LogP contribution in [0.3, 0.4) is 0 Å². The van der Waals surface area contributed by atoms with Crippen molar-refractivity contribution in [2.75, 3.05) is 32.8 Å². The molecule has 2 aliphatic rings. The van der Waals surface area contributed by atoms with Gasteiger partial charge in [-0.25, -0.2) is 0 Å². The van der Waals surface area contributed by atoms with Gasteiger partial charge < -0.3 is 14.6 Å². The van der Waals surface area contributed by atoms with Crippen LogP contribution >= 0.6 is 0 Å². The van der Waals surface area contributed by atoms with Crippen molar-refractivity contribution in [3.8, 4) is 0 Å². The highest BCUT2D eigenvalue weighted by atomic mass is 16.5. The minimum Gasteiger partial charge on any atom is -0.380 e. The lowest BCUT2D eigenvalue weighted by Crippen LogP contribution is -2.43. The molecule has 2 fully saturated rings. The summed E-state index contributed by atoms with van der Waals surface area (Å²) in [7, 11) is 0. The number of rotatable bonds is 5. The van der Waals surface area contributed by atoms with Crippen molar-refractivity contribution >= 4 is 5.91 Å². The van der Waals surface area contributed by atoms with Gasteiger partial charge in [-0.05, 0) is 26.0 Å². The Hall–Kier alpha value is -2.25. The molecule has 0 aliphatic carbocycles. The first-order chi connectivity index (χ1) is 12.6. The van der Waals surface area contributed by atoms with Crippen molar-refractivity contribution < 1.29 is 14.1 Å². The van der Waals surface area contributed by atoms with Gasteiger partial charge in [0.25, 0.3) is 5.91 Å². The lowest BCUT2D eigenvalue weighted by atomic mass is 9.81. The summed E-state index contributed by atoms with van der Waals surface area (Å²) in [4.78, 5) is 18.8. The zero-order valence-electron chi connectivity index (χ0n) is 15.2. The molecule has 138 valence electrons. The zero-order valence-corrected chi connectivity index (χ0v) is 15.2. The van der Waals surface area contributed by atoms with Gasteiger partial charge in [0.2, 0.25) is 0 Å². The number of hydrogen-bond donors (Lipinski definition) is 1. The van der Waals surface area contributed by atoms with Crippen LogP contribution in [-0.2, 0) is 11.3 Å². The van der Waals surface area contributed by atoms with E-state index in [1.54, 1.807) is 24.5 Å². The summed E-state index contributed by atoms with van der Waals surface area (Å²) in [5, 5.41) is 7.14. The van der Waals surface area contributed by atoms with Crippen molar-refractivity contribution in [3.63, 3.8) is 0 Å². The molecule has 0 spiro atoms. The fraction of sp³-hybridized carbons (Fsp3) is 0.526. The van der Waals surface area contributed by atoms with Crippen LogP contribution in [0.15, 0.2) is 29.0 Å². The second-order valence-corrected chi connectivity index (χ2v) is 7.47. The molecule has 4 rings (SSSR count). The maximum atomic E-state index is 12.4. The molecule has 2 aromatic heterocycles. The monoisotopic (exact) mass is 356 g/mol. The second-order valence-electron chi connectivity index (χ2n) is 7.47. The van der Waals surface area contributed by atoms with Crippen molar-refractivity contribution in [1.29, 1.82) is 0 Å². The highest BCUT2D eigenvalue weighted by Crippen LogP contribution is 2.41. The number of aryl methyl sites for hydroxylation is 2. The summed E-state index contributed by atoms with van der Waals surface area (Å²) in [6.45, 7) is 8.68. The van der Waals surface area contributed by atoms with Gasteiger partial charge in [-0.3, -0.25) is 14.7 Å². The minimum atomic E-state index is -0.0812. The van der Waals surface area contributed by atoms with E-state index in [0.717, 1.165) is 37.7 Å². The number of nitrogens with zero attached hydrogens (tertiary/aromatic N) is 3. The van der Waals surface area contributed by atoms with Gasteiger partial charge in [-0.2, -0.15) is 0 Å². The van der Waals surface area contributed by atoms with Gasteiger partial charge in [-0.1, -0.05) is 5.16 Å². The molecule has 2 atom stereocenters. The third-order valence-corrected chi connectivity index (χ3v) is 5.68. The lowest BCUT2D eigenvalue weighted by molar-refractivity contribution is 0.0904. The number of likely N-dealkylation sites (tertiary alicyclic amines) is 1. The molecule has 2 aliphatic heterocycles. The number of ether oxygens (including phenoxy) is 1. The van der Waals surface area contributed by atoms with E-state index in [9.17, 15) is 4.79 Å². The number of amides is 1. The largest absolute Gasteiger partial charge is 0.380 e. The van der Waals surface area contributed by atoms with E-state index >= 15 is 0 Å². The van der Waals surface area contributed by atoms with Crippen LogP contribution in [-0.4, -0.2) is 53.8 Å². The number of pyridine rings is 1. The number of carbonyl (C=O) groups excluding carboxylic acids is 1. The number of nitrogens with one attached hydrogen (secondary N) is 1. The van der Waals surface area contributed by atoms with E-state index in [0.29, 0.717) is 24.6 Å². The maximum Gasteiger partial charge on any atom is 0.252 e. The SMILES string of the molecule is Cc1noc(C)c1CN1C[C@@H]2COC[C@]2(CNC(=O)c2cccnc2)C1.